The molecule has 0 radical (unpaired) electrons. The monoisotopic (exact) mass is 332 g/mol. The molecule has 120 valence electrons. The van der Waals surface area contributed by atoms with Gasteiger partial charge in [-0.25, -0.2) is 13.1 Å². The Kier molecular flexibility index (Phi) is 6.23. The minimum atomic E-state index is -3.41. The van der Waals surface area contributed by atoms with Gasteiger partial charge in [-0.3, -0.25) is 0 Å². The third kappa shape index (κ3) is 4.95. The number of nitrogens with one attached hydrogen (secondary N) is 2. The second kappa shape index (κ2) is 7.09. The molecule has 1 atom stereocenters. The number of rotatable bonds is 3. The average molecular weight is 333 g/mol. The zero-order chi connectivity index (χ0) is 14.8. The maximum Gasteiger partial charge on any atom is 0.240 e. The van der Waals surface area contributed by atoms with E-state index in [9.17, 15) is 8.42 Å². The first-order valence-corrected chi connectivity index (χ1v) is 8.61. The van der Waals surface area contributed by atoms with Crippen molar-refractivity contribution in [2.45, 2.75) is 50.0 Å². The van der Waals surface area contributed by atoms with Crippen molar-refractivity contribution in [3.63, 3.8) is 0 Å². The van der Waals surface area contributed by atoms with Gasteiger partial charge in [0.25, 0.3) is 0 Å². The average Bonchev–Trinajstić information content (AvgIpc) is 2.38. The van der Waals surface area contributed by atoms with Gasteiger partial charge in [0.2, 0.25) is 10.0 Å². The van der Waals surface area contributed by atoms with E-state index in [4.69, 9.17) is 0 Å². The summed E-state index contributed by atoms with van der Waals surface area (Å²) in [4.78, 5) is 0.344. The molecule has 1 saturated heterocycles. The number of benzene rings is 1. The van der Waals surface area contributed by atoms with E-state index >= 15 is 0 Å². The van der Waals surface area contributed by atoms with E-state index in [2.05, 4.69) is 30.8 Å². The van der Waals surface area contributed by atoms with Crippen LogP contribution in [0.5, 0.6) is 0 Å². The second-order valence-electron chi connectivity index (χ2n) is 6.44. The van der Waals surface area contributed by atoms with E-state index in [0.29, 0.717) is 11.4 Å². The topological polar surface area (TPSA) is 58.2 Å². The molecular formula is C15H25ClN2O2S. The first-order valence-electron chi connectivity index (χ1n) is 7.13. The molecule has 1 aromatic rings. The lowest BCUT2D eigenvalue weighted by molar-refractivity contribution is 0.428. The summed E-state index contributed by atoms with van der Waals surface area (Å²) in [5, 5.41) is 3.21. The van der Waals surface area contributed by atoms with E-state index in [0.717, 1.165) is 24.9 Å². The van der Waals surface area contributed by atoms with Gasteiger partial charge in [0, 0.05) is 12.6 Å². The number of hydrogen-bond donors (Lipinski definition) is 2. The molecule has 6 heteroatoms. The van der Waals surface area contributed by atoms with Gasteiger partial charge in [-0.1, -0.05) is 32.9 Å². The minimum Gasteiger partial charge on any atom is -0.315 e. The normalized spacial score (nSPS) is 19.9. The first-order chi connectivity index (χ1) is 9.29. The predicted molar refractivity (Wildman–Crippen MR) is 88.6 cm³/mol. The lowest BCUT2D eigenvalue weighted by Crippen LogP contribution is -2.45. The fourth-order valence-corrected chi connectivity index (χ4v) is 3.64. The molecule has 21 heavy (non-hydrogen) atoms. The molecular weight excluding hydrogens is 308 g/mol. The molecule has 2 N–H and O–H groups in total. The molecule has 0 aromatic heterocycles. The Balaban J connectivity index is 0.00000220. The molecule has 1 aromatic carbocycles. The van der Waals surface area contributed by atoms with Gasteiger partial charge in [0.15, 0.2) is 0 Å². The summed E-state index contributed by atoms with van der Waals surface area (Å²) in [5.74, 6) is 0. The fraction of sp³-hybridized carbons (Fsp3) is 0.600. The molecule has 1 aliphatic heterocycles. The van der Waals surface area contributed by atoms with Gasteiger partial charge in [0.1, 0.15) is 0 Å². The molecule has 1 aliphatic rings. The molecule has 0 unspecified atom stereocenters. The maximum atomic E-state index is 12.3. The zero-order valence-electron chi connectivity index (χ0n) is 12.8. The van der Waals surface area contributed by atoms with Crippen LogP contribution in [0.1, 0.15) is 39.2 Å². The Labute approximate surface area is 134 Å². The highest BCUT2D eigenvalue weighted by atomic mass is 35.5. The van der Waals surface area contributed by atoms with Gasteiger partial charge in [-0.05, 0) is 42.5 Å². The lowest BCUT2D eigenvalue weighted by Gasteiger charge is -2.24. The van der Waals surface area contributed by atoms with E-state index in [-0.39, 0.29) is 23.9 Å². The van der Waals surface area contributed by atoms with Gasteiger partial charge in [0.05, 0.1) is 4.90 Å². The van der Waals surface area contributed by atoms with Crippen LogP contribution >= 0.6 is 12.4 Å². The van der Waals surface area contributed by atoms with Crippen LogP contribution < -0.4 is 10.0 Å². The van der Waals surface area contributed by atoms with Crippen molar-refractivity contribution < 1.29 is 8.42 Å². The van der Waals surface area contributed by atoms with Crippen LogP contribution in [0.15, 0.2) is 29.2 Å². The molecule has 2 rings (SSSR count). The Morgan fingerprint density at radius 1 is 1.19 bits per heavy atom. The summed E-state index contributed by atoms with van der Waals surface area (Å²) < 4.78 is 27.4. The largest absolute Gasteiger partial charge is 0.315 e. The van der Waals surface area contributed by atoms with Gasteiger partial charge in [-0.15, -0.1) is 12.4 Å². The van der Waals surface area contributed by atoms with Crippen molar-refractivity contribution in [2.24, 2.45) is 0 Å². The molecule has 0 bridgehead atoms. The first kappa shape index (κ1) is 18.4. The summed E-state index contributed by atoms with van der Waals surface area (Å²) in [6.45, 7) is 8.02. The van der Waals surface area contributed by atoms with E-state index in [1.807, 2.05) is 12.1 Å². The highest BCUT2D eigenvalue weighted by molar-refractivity contribution is 7.89. The molecule has 1 fully saturated rings. The smallest absolute Gasteiger partial charge is 0.240 e. The quantitative estimate of drug-likeness (QED) is 0.893. The highest BCUT2D eigenvalue weighted by Crippen LogP contribution is 2.23. The Bertz CT molecular complexity index is 544. The summed E-state index contributed by atoms with van der Waals surface area (Å²) in [5.41, 5.74) is 1.17. The lowest BCUT2D eigenvalue weighted by atomic mass is 9.87. The number of hydrogen-bond acceptors (Lipinski definition) is 3. The Morgan fingerprint density at radius 3 is 2.29 bits per heavy atom. The number of piperidine rings is 1. The van der Waals surface area contributed by atoms with Crippen LogP contribution in [0.2, 0.25) is 0 Å². The van der Waals surface area contributed by atoms with Crippen molar-refractivity contribution in [1.82, 2.24) is 10.0 Å². The number of halogens is 1. The summed E-state index contributed by atoms with van der Waals surface area (Å²) >= 11 is 0. The van der Waals surface area contributed by atoms with Gasteiger partial charge >= 0.3 is 0 Å². The van der Waals surface area contributed by atoms with Crippen LogP contribution in [-0.2, 0) is 15.4 Å². The number of sulfonamides is 1. The highest BCUT2D eigenvalue weighted by Gasteiger charge is 2.22. The van der Waals surface area contributed by atoms with Crippen LogP contribution in [0.25, 0.3) is 0 Å². The van der Waals surface area contributed by atoms with E-state index in [1.165, 1.54) is 0 Å². The van der Waals surface area contributed by atoms with Crippen LogP contribution in [-0.4, -0.2) is 27.5 Å². The van der Waals surface area contributed by atoms with Gasteiger partial charge < -0.3 is 5.32 Å². The molecule has 0 aliphatic carbocycles. The summed E-state index contributed by atoms with van der Waals surface area (Å²) in [6.07, 6.45) is 1.91. The SMILES string of the molecule is CC(C)(C)c1ccc(S(=O)(=O)N[C@H]2CCCNC2)cc1.Cl. The summed E-state index contributed by atoms with van der Waals surface area (Å²) in [7, 11) is -3.41. The molecule has 4 nitrogen and oxygen atoms in total. The third-order valence-electron chi connectivity index (χ3n) is 3.65. The van der Waals surface area contributed by atoms with Crippen molar-refractivity contribution >= 4 is 22.4 Å². The molecule has 0 saturated carbocycles. The van der Waals surface area contributed by atoms with Crippen molar-refractivity contribution in [3.05, 3.63) is 29.8 Å². The zero-order valence-corrected chi connectivity index (χ0v) is 14.5. The fourth-order valence-electron chi connectivity index (χ4n) is 2.37. The Morgan fingerprint density at radius 2 is 1.81 bits per heavy atom. The van der Waals surface area contributed by atoms with Crippen molar-refractivity contribution in [1.29, 1.82) is 0 Å². The van der Waals surface area contributed by atoms with Crippen molar-refractivity contribution in [3.8, 4) is 0 Å². The molecule has 1 heterocycles. The van der Waals surface area contributed by atoms with Crippen molar-refractivity contribution in [2.75, 3.05) is 13.1 Å². The minimum absolute atomic E-state index is 0. The summed E-state index contributed by atoms with van der Waals surface area (Å²) in [6, 6.07) is 7.18. The standard InChI is InChI=1S/C15H24N2O2S.ClH/c1-15(2,3)12-6-8-14(9-7-12)20(18,19)17-13-5-4-10-16-11-13;/h6-9,13,16-17H,4-5,10-11H2,1-3H3;1H/t13-;/m0./s1. The van der Waals surface area contributed by atoms with Gasteiger partial charge in [-0.2, -0.15) is 0 Å². The maximum absolute atomic E-state index is 12.3. The second-order valence-corrected chi connectivity index (χ2v) is 8.15. The van der Waals surface area contributed by atoms with E-state index < -0.39 is 10.0 Å². The van der Waals surface area contributed by atoms with E-state index in [1.54, 1.807) is 12.1 Å². The molecule has 0 spiro atoms. The predicted octanol–water partition coefficient (Wildman–Crippen LogP) is 2.44. The van der Waals surface area contributed by atoms with Crippen LogP contribution in [0.3, 0.4) is 0 Å². The van der Waals surface area contributed by atoms with Crippen LogP contribution in [0, 0.1) is 0 Å². The molecule has 0 amide bonds. The van der Waals surface area contributed by atoms with Crippen LogP contribution in [0.4, 0.5) is 0 Å². The Hall–Kier alpha value is -0.620. The third-order valence-corrected chi connectivity index (χ3v) is 5.19.